The zero-order chi connectivity index (χ0) is 14.8. The molecule has 0 heterocycles. The minimum atomic E-state index is 0.408. The van der Waals surface area contributed by atoms with Crippen molar-refractivity contribution in [3.63, 3.8) is 0 Å². The highest BCUT2D eigenvalue weighted by Gasteiger charge is 2.40. The molecule has 0 atom stereocenters. The van der Waals surface area contributed by atoms with Crippen LogP contribution in [0.2, 0.25) is 0 Å². The van der Waals surface area contributed by atoms with E-state index in [0.29, 0.717) is 11.8 Å². The fourth-order valence-electron chi connectivity index (χ4n) is 4.46. The van der Waals surface area contributed by atoms with Crippen molar-refractivity contribution in [2.75, 3.05) is 0 Å². The molecule has 0 amide bonds. The zero-order valence-electron chi connectivity index (χ0n) is 12.9. The molecule has 2 bridgehead atoms. The molecule has 3 aromatic rings. The number of benzene rings is 3. The molecule has 3 aliphatic carbocycles. The molecule has 0 N–H and O–H groups in total. The van der Waals surface area contributed by atoms with Crippen molar-refractivity contribution in [1.82, 2.24) is 0 Å². The van der Waals surface area contributed by atoms with E-state index < -0.39 is 0 Å². The monoisotopic (exact) mass is 282 g/mol. The Morgan fingerprint density at radius 3 is 1.41 bits per heavy atom. The number of rotatable bonds is 0. The van der Waals surface area contributed by atoms with Gasteiger partial charge in [-0.05, 0) is 47.2 Å². The summed E-state index contributed by atoms with van der Waals surface area (Å²) in [6.45, 7) is 4.40. The van der Waals surface area contributed by atoms with Gasteiger partial charge in [0.05, 0.1) is 0 Å². The largest absolute Gasteiger partial charge is 0.0619 e. The van der Waals surface area contributed by atoms with Crippen LogP contribution in [-0.2, 0) is 0 Å². The van der Waals surface area contributed by atoms with Crippen LogP contribution in [0.5, 0.6) is 0 Å². The van der Waals surface area contributed by atoms with Gasteiger partial charge in [-0.25, -0.2) is 0 Å². The first-order valence-corrected chi connectivity index (χ1v) is 8.04. The maximum Gasteiger partial charge on any atom is 0.0349 e. The SMILES string of the molecule is Cc1ccc2c(c1)C1c3ccccc3C2c2ccc(C)cc21. The van der Waals surface area contributed by atoms with Crippen molar-refractivity contribution in [2.45, 2.75) is 25.7 Å². The van der Waals surface area contributed by atoms with Crippen LogP contribution < -0.4 is 0 Å². The van der Waals surface area contributed by atoms with Crippen LogP contribution in [0.1, 0.15) is 56.3 Å². The number of hydrogen-bond donors (Lipinski definition) is 0. The Balaban J connectivity index is 1.91. The Morgan fingerprint density at radius 1 is 0.500 bits per heavy atom. The van der Waals surface area contributed by atoms with Crippen LogP contribution in [0.4, 0.5) is 0 Å². The van der Waals surface area contributed by atoms with E-state index in [9.17, 15) is 0 Å². The van der Waals surface area contributed by atoms with Gasteiger partial charge < -0.3 is 0 Å². The summed E-state index contributed by atoms with van der Waals surface area (Å²) in [4.78, 5) is 0. The van der Waals surface area contributed by atoms with Crippen LogP contribution in [-0.4, -0.2) is 0 Å². The van der Waals surface area contributed by atoms with Crippen LogP contribution in [0.25, 0.3) is 0 Å². The predicted molar refractivity (Wildman–Crippen MR) is 90.7 cm³/mol. The van der Waals surface area contributed by atoms with E-state index in [0.717, 1.165) is 0 Å². The topological polar surface area (TPSA) is 0 Å². The van der Waals surface area contributed by atoms with E-state index in [1.165, 1.54) is 44.5 Å². The molecule has 0 nitrogen and oxygen atoms in total. The van der Waals surface area contributed by atoms with Gasteiger partial charge in [0, 0.05) is 11.8 Å². The summed E-state index contributed by atoms with van der Waals surface area (Å²) in [5.41, 5.74) is 11.8. The minimum Gasteiger partial charge on any atom is -0.0619 e. The van der Waals surface area contributed by atoms with Gasteiger partial charge >= 0.3 is 0 Å². The second-order valence-corrected chi connectivity index (χ2v) is 6.76. The maximum atomic E-state index is 2.40. The fraction of sp³-hybridized carbons (Fsp3) is 0.182. The average Bonchev–Trinajstić information content (AvgIpc) is 2.54. The first-order chi connectivity index (χ1) is 10.7. The second kappa shape index (κ2) is 4.10. The van der Waals surface area contributed by atoms with E-state index in [1.807, 2.05) is 0 Å². The maximum absolute atomic E-state index is 2.40. The van der Waals surface area contributed by atoms with Crippen LogP contribution in [0.15, 0.2) is 60.7 Å². The van der Waals surface area contributed by atoms with Gasteiger partial charge in [-0.3, -0.25) is 0 Å². The van der Waals surface area contributed by atoms with Crippen LogP contribution >= 0.6 is 0 Å². The Bertz CT molecular complexity index is 864. The Hall–Kier alpha value is -2.34. The van der Waals surface area contributed by atoms with Gasteiger partial charge in [-0.2, -0.15) is 0 Å². The lowest BCUT2D eigenvalue weighted by molar-refractivity contribution is 0.752. The highest BCUT2D eigenvalue weighted by Crippen LogP contribution is 2.55. The van der Waals surface area contributed by atoms with Gasteiger partial charge in [-0.15, -0.1) is 0 Å². The predicted octanol–water partition coefficient (Wildman–Crippen LogP) is 5.29. The molecular weight excluding hydrogens is 264 g/mol. The van der Waals surface area contributed by atoms with Crippen LogP contribution in [0, 0.1) is 13.8 Å². The van der Waals surface area contributed by atoms with Crippen molar-refractivity contribution >= 4 is 0 Å². The molecule has 106 valence electrons. The quantitative estimate of drug-likeness (QED) is 0.362. The molecule has 6 rings (SSSR count). The molecule has 3 aliphatic rings. The van der Waals surface area contributed by atoms with Gasteiger partial charge in [0.2, 0.25) is 0 Å². The lowest BCUT2D eigenvalue weighted by atomic mass is 9.61. The van der Waals surface area contributed by atoms with Gasteiger partial charge in [0.15, 0.2) is 0 Å². The summed E-state index contributed by atoms with van der Waals surface area (Å²) in [5, 5.41) is 0. The molecule has 0 fully saturated rings. The second-order valence-electron chi connectivity index (χ2n) is 6.76. The summed E-state index contributed by atoms with van der Waals surface area (Å²) in [5.74, 6) is 0.818. The summed E-state index contributed by atoms with van der Waals surface area (Å²) in [6.07, 6.45) is 0. The summed E-state index contributed by atoms with van der Waals surface area (Å²) in [6, 6.07) is 23.0. The number of aryl methyl sites for hydroxylation is 2. The molecule has 0 unspecified atom stereocenters. The Kier molecular flexibility index (Phi) is 2.28. The van der Waals surface area contributed by atoms with Crippen LogP contribution in [0.3, 0.4) is 0 Å². The third-order valence-electron chi connectivity index (χ3n) is 5.35. The van der Waals surface area contributed by atoms with E-state index in [4.69, 9.17) is 0 Å². The van der Waals surface area contributed by atoms with Gasteiger partial charge in [0.25, 0.3) is 0 Å². The van der Waals surface area contributed by atoms with E-state index in [2.05, 4.69) is 74.5 Å². The summed E-state index contributed by atoms with van der Waals surface area (Å²) < 4.78 is 0. The van der Waals surface area contributed by atoms with Crippen molar-refractivity contribution in [2.24, 2.45) is 0 Å². The van der Waals surface area contributed by atoms with E-state index >= 15 is 0 Å². The van der Waals surface area contributed by atoms with Crippen molar-refractivity contribution in [3.8, 4) is 0 Å². The third-order valence-corrected chi connectivity index (χ3v) is 5.35. The molecule has 0 aliphatic heterocycles. The first-order valence-electron chi connectivity index (χ1n) is 8.04. The fourth-order valence-corrected chi connectivity index (χ4v) is 4.46. The Morgan fingerprint density at radius 2 is 0.909 bits per heavy atom. The smallest absolute Gasteiger partial charge is 0.0349 e. The molecule has 0 saturated heterocycles. The lowest BCUT2D eigenvalue weighted by Gasteiger charge is -2.42. The molecule has 0 radical (unpaired) electrons. The number of hydrogen-bond acceptors (Lipinski definition) is 0. The third kappa shape index (κ3) is 1.42. The molecule has 22 heavy (non-hydrogen) atoms. The minimum absolute atomic E-state index is 0.408. The molecular formula is C22H18. The molecule has 0 saturated carbocycles. The molecule has 0 aromatic heterocycles. The van der Waals surface area contributed by atoms with Crippen molar-refractivity contribution in [1.29, 1.82) is 0 Å². The summed E-state index contributed by atoms with van der Waals surface area (Å²) >= 11 is 0. The first kappa shape index (κ1) is 12.2. The standard InChI is InChI=1S/C22H18/c1-13-7-9-17-19(11-13)22-16-6-4-3-5-15(16)21(17)18-10-8-14(2)12-20(18)22/h3-12,21-22H,1-2H3. The Labute approximate surface area is 131 Å². The van der Waals surface area contributed by atoms with Crippen molar-refractivity contribution in [3.05, 3.63) is 105 Å². The lowest BCUT2D eigenvalue weighted by Crippen LogP contribution is -2.27. The van der Waals surface area contributed by atoms with E-state index in [-0.39, 0.29) is 0 Å². The van der Waals surface area contributed by atoms with Gasteiger partial charge in [-0.1, -0.05) is 71.8 Å². The van der Waals surface area contributed by atoms with Gasteiger partial charge in [0.1, 0.15) is 0 Å². The van der Waals surface area contributed by atoms with Crippen molar-refractivity contribution < 1.29 is 0 Å². The zero-order valence-corrected chi connectivity index (χ0v) is 12.9. The molecule has 3 aromatic carbocycles. The highest BCUT2D eigenvalue weighted by atomic mass is 14.4. The highest BCUT2D eigenvalue weighted by molar-refractivity contribution is 5.68. The molecule has 0 heteroatoms. The van der Waals surface area contributed by atoms with E-state index in [1.54, 1.807) is 0 Å². The summed E-state index contributed by atoms with van der Waals surface area (Å²) in [7, 11) is 0. The normalized spacial score (nSPS) is 20.3. The average molecular weight is 282 g/mol. The molecule has 0 spiro atoms.